The van der Waals surface area contributed by atoms with Crippen LogP contribution in [0.5, 0.6) is 0 Å². The predicted octanol–water partition coefficient (Wildman–Crippen LogP) is 4.17. The summed E-state index contributed by atoms with van der Waals surface area (Å²) in [6.07, 6.45) is -10.6. The number of aryl methyl sites for hydroxylation is 1. The molecule has 1 N–H and O–H groups in total. The SMILES string of the molecule is Cc1noc2ncc(C(=O)NC3C[C@@H](C(F)(F)F)C[C@H](C(F)(F)F)C3)cc12. The fourth-order valence-electron chi connectivity index (χ4n) is 3.31. The van der Waals surface area contributed by atoms with Crippen molar-refractivity contribution in [1.29, 1.82) is 0 Å². The number of hydrogen-bond acceptors (Lipinski definition) is 4. The first-order chi connectivity index (χ1) is 12.4. The van der Waals surface area contributed by atoms with E-state index in [-0.39, 0.29) is 11.3 Å². The molecule has 1 amide bonds. The molecule has 0 unspecified atom stereocenters. The first-order valence-corrected chi connectivity index (χ1v) is 8.11. The molecule has 0 aliphatic heterocycles. The number of carbonyl (C=O) groups is 1. The zero-order chi connectivity index (χ0) is 20.0. The normalized spacial score (nSPS) is 24.2. The van der Waals surface area contributed by atoms with Crippen LogP contribution in [0.1, 0.15) is 35.3 Å². The summed E-state index contributed by atoms with van der Waals surface area (Å²) in [6, 6.07) is 0.137. The third-order valence-corrected chi connectivity index (χ3v) is 4.74. The molecule has 5 nitrogen and oxygen atoms in total. The molecule has 0 spiro atoms. The van der Waals surface area contributed by atoms with Gasteiger partial charge in [-0.2, -0.15) is 26.3 Å². The number of nitrogens with zero attached hydrogens (tertiary/aromatic N) is 2. The summed E-state index contributed by atoms with van der Waals surface area (Å²) < 4.78 is 83.0. The Morgan fingerprint density at radius 1 is 1.11 bits per heavy atom. The number of fused-ring (bicyclic) bond motifs is 1. The molecule has 1 aliphatic rings. The van der Waals surface area contributed by atoms with Crippen LogP contribution in [0.4, 0.5) is 26.3 Å². The van der Waals surface area contributed by atoms with E-state index in [1.807, 2.05) is 0 Å². The summed E-state index contributed by atoms with van der Waals surface area (Å²) in [5, 5.41) is 6.39. The molecule has 2 aromatic heterocycles. The van der Waals surface area contributed by atoms with Gasteiger partial charge in [0.2, 0.25) is 0 Å². The van der Waals surface area contributed by atoms with Gasteiger partial charge in [-0.1, -0.05) is 5.16 Å². The number of nitrogens with one attached hydrogen (secondary N) is 1. The van der Waals surface area contributed by atoms with Crippen molar-refractivity contribution in [2.75, 3.05) is 0 Å². The van der Waals surface area contributed by atoms with E-state index >= 15 is 0 Å². The molecular formula is C16H15F6N3O2. The second kappa shape index (κ2) is 6.68. The molecule has 148 valence electrons. The average molecular weight is 395 g/mol. The van der Waals surface area contributed by atoms with Gasteiger partial charge in [-0.15, -0.1) is 0 Å². The fourth-order valence-corrected chi connectivity index (χ4v) is 3.31. The van der Waals surface area contributed by atoms with Crippen LogP contribution in [0.25, 0.3) is 11.1 Å². The zero-order valence-corrected chi connectivity index (χ0v) is 14.0. The van der Waals surface area contributed by atoms with Crippen molar-refractivity contribution in [1.82, 2.24) is 15.5 Å². The van der Waals surface area contributed by atoms with Crippen LogP contribution in [-0.4, -0.2) is 34.4 Å². The highest BCUT2D eigenvalue weighted by Gasteiger charge is 2.52. The number of halogens is 6. The van der Waals surface area contributed by atoms with Crippen LogP contribution in [-0.2, 0) is 0 Å². The number of amides is 1. The lowest BCUT2D eigenvalue weighted by atomic mass is 9.77. The lowest BCUT2D eigenvalue weighted by molar-refractivity contribution is -0.225. The molecule has 11 heteroatoms. The van der Waals surface area contributed by atoms with Crippen LogP contribution in [0.15, 0.2) is 16.8 Å². The number of alkyl halides is 6. The molecule has 1 aliphatic carbocycles. The van der Waals surface area contributed by atoms with Gasteiger partial charge < -0.3 is 9.84 Å². The Morgan fingerprint density at radius 2 is 1.70 bits per heavy atom. The largest absolute Gasteiger partial charge is 0.391 e. The fraction of sp³-hybridized carbons (Fsp3) is 0.562. The smallest absolute Gasteiger partial charge is 0.349 e. The lowest BCUT2D eigenvalue weighted by Crippen LogP contribution is -2.47. The number of rotatable bonds is 2. The summed E-state index contributed by atoms with van der Waals surface area (Å²) in [4.78, 5) is 16.2. The topological polar surface area (TPSA) is 68.0 Å². The minimum atomic E-state index is -4.76. The number of carbonyl (C=O) groups excluding carboxylic acids is 1. The van der Waals surface area contributed by atoms with Gasteiger partial charge in [-0.25, -0.2) is 4.98 Å². The summed E-state index contributed by atoms with van der Waals surface area (Å²) in [5.74, 6) is -5.04. The maximum atomic E-state index is 13.0. The molecule has 2 aromatic rings. The van der Waals surface area contributed by atoms with Crippen LogP contribution >= 0.6 is 0 Å². The Morgan fingerprint density at radius 3 is 2.26 bits per heavy atom. The lowest BCUT2D eigenvalue weighted by Gasteiger charge is -2.36. The van der Waals surface area contributed by atoms with Gasteiger partial charge in [0.15, 0.2) is 0 Å². The molecule has 0 bridgehead atoms. The van der Waals surface area contributed by atoms with Gasteiger partial charge in [0.1, 0.15) is 0 Å². The van der Waals surface area contributed by atoms with E-state index in [1.54, 1.807) is 6.92 Å². The van der Waals surface area contributed by atoms with E-state index in [9.17, 15) is 31.1 Å². The summed E-state index contributed by atoms with van der Waals surface area (Å²) in [6.45, 7) is 1.61. The molecule has 0 saturated heterocycles. The number of pyridine rings is 1. The quantitative estimate of drug-likeness (QED) is 0.775. The second-order valence-electron chi connectivity index (χ2n) is 6.70. The zero-order valence-electron chi connectivity index (χ0n) is 14.0. The minimum absolute atomic E-state index is 0.00601. The molecule has 0 aromatic carbocycles. The molecule has 2 atom stereocenters. The first-order valence-electron chi connectivity index (χ1n) is 8.11. The minimum Gasteiger partial charge on any atom is -0.349 e. The molecule has 2 heterocycles. The van der Waals surface area contributed by atoms with Gasteiger partial charge in [0.05, 0.1) is 28.5 Å². The Labute approximate surface area is 149 Å². The van der Waals surface area contributed by atoms with E-state index in [1.165, 1.54) is 6.07 Å². The van der Waals surface area contributed by atoms with Crippen LogP contribution < -0.4 is 5.32 Å². The molecular weight excluding hydrogens is 380 g/mol. The Bertz CT molecular complexity index is 823. The Kier molecular flexibility index (Phi) is 4.81. The van der Waals surface area contributed by atoms with Crippen molar-refractivity contribution in [3.63, 3.8) is 0 Å². The van der Waals surface area contributed by atoms with Crippen molar-refractivity contribution in [2.45, 2.75) is 44.6 Å². The van der Waals surface area contributed by atoms with Gasteiger partial charge >= 0.3 is 12.4 Å². The first kappa shape index (κ1) is 19.4. The molecule has 0 radical (unpaired) electrons. The summed E-state index contributed by atoms with van der Waals surface area (Å²) in [5.41, 5.74) is 0.640. The molecule has 1 fully saturated rings. The van der Waals surface area contributed by atoms with Crippen molar-refractivity contribution in [3.05, 3.63) is 23.5 Å². The monoisotopic (exact) mass is 395 g/mol. The van der Waals surface area contributed by atoms with E-state index in [0.717, 1.165) is 6.20 Å². The van der Waals surface area contributed by atoms with E-state index in [0.29, 0.717) is 11.1 Å². The summed E-state index contributed by atoms with van der Waals surface area (Å²) in [7, 11) is 0. The van der Waals surface area contributed by atoms with E-state index in [4.69, 9.17) is 4.52 Å². The molecule has 1 saturated carbocycles. The van der Waals surface area contributed by atoms with Crippen LogP contribution in [0.2, 0.25) is 0 Å². The van der Waals surface area contributed by atoms with Crippen molar-refractivity contribution in [3.8, 4) is 0 Å². The number of hydrogen-bond donors (Lipinski definition) is 1. The number of aromatic nitrogens is 2. The highest BCUT2D eigenvalue weighted by molar-refractivity contribution is 5.97. The van der Waals surface area contributed by atoms with Crippen molar-refractivity contribution < 1.29 is 35.7 Å². The van der Waals surface area contributed by atoms with Gasteiger partial charge in [-0.05, 0) is 32.3 Å². The predicted molar refractivity (Wildman–Crippen MR) is 80.7 cm³/mol. The van der Waals surface area contributed by atoms with Gasteiger partial charge in [-0.3, -0.25) is 4.79 Å². The standard InChI is InChI=1S/C16H15F6N3O2/c1-7-12-2-8(6-23-14(12)27-25-7)13(26)24-11-4-9(15(17,18)19)3-10(5-11)16(20,21)22/h2,6,9-11H,3-5H2,1H3,(H,24,26)/t9-,10-/m0/s1. The van der Waals surface area contributed by atoms with Crippen molar-refractivity contribution in [2.24, 2.45) is 11.8 Å². The Hall–Kier alpha value is -2.33. The molecule has 3 rings (SSSR count). The van der Waals surface area contributed by atoms with Crippen molar-refractivity contribution >= 4 is 17.0 Å². The van der Waals surface area contributed by atoms with Crippen LogP contribution in [0, 0.1) is 18.8 Å². The molecule has 27 heavy (non-hydrogen) atoms. The highest BCUT2D eigenvalue weighted by atomic mass is 19.4. The van der Waals surface area contributed by atoms with E-state index in [2.05, 4.69) is 15.5 Å². The third-order valence-electron chi connectivity index (χ3n) is 4.74. The Balaban J connectivity index is 1.79. The maximum Gasteiger partial charge on any atom is 0.391 e. The summed E-state index contributed by atoms with van der Waals surface area (Å²) >= 11 is 0. The maximum absolute atomic E-state index is 13.0. The van der Waals surface area contributed by atoms with Crippen LogP contribution in [0.3, 0.4) is 0 Å². The van der Waals surface area contributed by atoms with E-state index < -0.39 is 55.4 Å². The average Bonchev–Trinajstić information content (AvgIpc) is 2.93. The van der Waals surface area contributed by atoms with Gasteiger partial charge in [0.25, 0.3) is 11.6 Å². The highest BCUT2D eigenvalue weighted by Crippen LogP contribution is 2.45. The third kappa shape index (κ3) is 4.16. The van der Waals surface area contributed by atoms with Gasteiger partial charge in [0, 0.05) is 12.2 Å². The second-order valence-corrected chi connectivity index (χ2v) is 6.70.